The molecule has 0 radical (unpaired) electrons. The van der Waals surface area contributed by atoms with Gasteiger partial charge in [-0.1, -0.05) is 42.5 Å². The van der Waals surface area contributed by atoms with Gasteiger partial charge in [-0.2, -0.15) is 0 Å². The molecule has 2 aliphatic rings. The van der Waals surface area contributed by atoms with Gasteiger partial charge in [0.05, 0.1) is 37.4 Å². The summed E-state index contributed by atoms with van der Waals surface area (Å²) in [6.45, 7) is 7.78. The minimum atomic E-state index is -0.644. The van der Waals surface area contributed by atoms with Crippen LogP contribution >= 0.6 is 0 Å². The molecule has 0 fully saturated rings. The first kappa shape index (κ1) is 26.0. The lowest BCUT2D eigenvalue weighted by molar-refractivity contribution is -0.139. The zero-order valence-corrected chi connectivity index (χ0v) is 22.0. The number of ether oxygens (including phenoxy) is 3. The van der Waals surface area contributed by atoms with Gasteiger partial charge in [-0.05, 0) is 75.1 Å². The fraction of sp³-hybridized carbons (Fsp3) is 0.290. The average molecular weight is 500 g/mol. The maximum Gasteiger partial charge on any atom is 0.336 e. The van der Waals surface area contributed by atoms with Crippen molar-refractivity contribution in [2.24, 2.45) is 0 Å². The van der Waals surface area contributed by atoms with Crippen molar-refractivity contribution in [3.63, 3.8) is 0 Å². The van der Waals surface area contributed by atoms with Crippen LogP contribution in [0.1, 0.15) is 51.2 Å². The van der Waals surface area contributed by atoms with Gasteiger partial charge in [0, 0.05) is 17.1 Å². The van der Waals surface area contributed by atoms with E-state index in [1.165, 1.54) is 5.57 Å². The highest BCUT2D eigenvalue weighted by atomic mass is 16.5. The number of allylic oxidation sites excluding steroid dienone is 6. The van der Waals surface area contributed by atoms with Crippen molar-refractivity contribution in [1.82, 2.24) is 0 Å². The van der Waals surface area contributed by atoms with Crippen LogP contribution in [0.2, 0.25) is 0 Å². The maximum atomic E-state index is 13.4. The van der Waals surface area contributed by atoms with Crippen LogP contribution in [0.3, 0.4) is 0 Å². The number of carbonyl (C=O) groups excluding carboxylic acids is 2. The largest absolute Gasteiger partial charge is 0.497 e. The minimum Gasteiger partial charge on any atom is -0.497 e. The van der Waals surface area contributed by atoms with E-state index in [1.54, 1.807) is 21.0 Å². The molecule has 192 valence electrons. The van der Waals surface area contributed by atoms with Gasteiger partial charge in [-0.15, -0.1) is 0 Å². The Morgan fingerprint density at radius 1 is 0.865 bits per heavy atom. The molecule has 1 aliphatic carbocycles. The number of methoxy groups -OCH3 is 1. The van der Waals surface area contributed by atoms with E-state index in [2.05, 4.69) is 30.4 Å². The van der Waals surface area contributed by atoms with Gasteiger partial charge >= 0.3 is 11.9 Å². The molecular weight excluding hydrogens is 466 g/mol. The summed E-state index contributed by atoms with van der Waals surface area (Å²) < 4.78 is 16.3. The second-order valence-corrected chi connectivity index (χ2v) is 8.85. The molecule has 37 heavy (non-hydrogen) atoms. The first-order valence-corrected chi connectivity index (χ1v) is 12.6. The Labute approximate surface area is 218 Å². The zero-order chi connectivity index (χ0) is 26.5. The van der Waals surface area contributed by atoms with Gasteiger partial charge in [0.2, 0.25) is 0 Å². The molecule has 0 saturated heterocycles. The number of anilines is 1. The number of nitrogens with zero attached hydrogens (tertiary/aromatic N) is 1. The van der Waals surface area contributed by atoms with Crippen LogP contribution in [0.4, 0.5) is 5.69 Å². The molecule has 0 amide bonds. The van der Waals surface area contributed by atoms with Crippen LogP contribution in [0.5, 0.6) is 5.75 Å². The Morgan fingerprint density at radius 2 is 1.43 bits per heavy atom. The topological polar surface area (TPSA) is 65.1 Å². The molecule has 0 bridgehead atoms. The second-order valence-electron chi connectivity index (χ2n) is 8.85. The Kier molecular flexibility index (Phi) is 7.97. The van der Waals surface area contributed by atoms with Crippen molar-refractivity contribution in [2.75, 3.05) is 25.2 Å². The van der Waals surface area contributed by atoms with Gasteiger partial charge < -0.3 is 19.1 Å². The standard InChI is InChI=1S/C31H33NO5/c1-6-36-30(33)27-20(3)32(25-16-12-23(13-17-25)22-10-8-9-11-22)21(4)28(31(34)37-7-2)29(27)24-14-18-26(35-5)19-15-24/h8-10,12-19,29H,6-7,11H2,1-5H3. The molecular formula is C31H33NO5. The predicted octanol–water partition coefficient (Wildman–Crippen LogP) is 6.32. The molecule has 1 aliphatic heterocycles. The van der Waals surface area contributed by atoms with Gasteiger partial charge in [-0.3, -0.25) is 0 Å². The van der Waals surface area contributed by atoms with Crippen molar-refractivity contribution in [3.05, 3.63) is 100 Å². The molecule has 2 aromatic rings. The third-order valence-electron chi connectivity index (χ3n) is 6.74. The first-order chi connectivity index (χ1) is 17.9. The number of hydrogen-bond donors (Lipinski definition) is 0. The van der Waals surface area contributed by atoms with Crippen LogP contribution in [0, 0.1) is 0 Å². The van der Waals surface area contributed by atoms with E-state index in [0.29, 0.717) is 28.3 Å². The summed E-state index contributed by atoms with van der Waals surface area (Å²) in [6.07, 6.45) is 7.21. The predicted molar refractivity (Wildman–Crippen MR) is 145 cm³/mol. The Hall–Kier alpha value is -4.06. The molecule has 0 aromatic heterocycles. The van der Waals surface area contributed by atoms with E-state index >= 15 is 0 Å². The summed E-state index contributed by atoms with van der Waals surface area (Å²) in [5, 5.41) is 0. The van der Waals surface area contributed by atoms with Crippen molar-refractivity contribution < 1.29 is 23.8 Å². The first-order valence-electron chi connectivity index (χ1n) is 12.6. The van der Waals surface area contributed by atoms with E-state index in [9.17, 15) is 9.59 Å². The molecule has 4 rings (SSSR count). The smallest absolute Gasteiger partial charge is 0.336 e. The average Bonchev–Trinajstić information content (AvgIpc) is 3.44. The molecule has 0 atom stereocenters. The Morgan fingerprint density at radius 3 is 1.89 bits per heavy atom. The highest BCUT2D eigenvalue weighted by molar-refractivity contribution is 6.01. The molecule has 6 nitrogen and oxygen atoms in total. The SMILES string of the molecule is CCOC(=O)C1=C(C)N(c2ccc(C3=CC=CC3)cc2)C(C)=C(C(=O)OCC)C1c1ccc(OC)cc1. The van der Waals surface area contributed by atoms with E-state index in [-0.39, 0.29) is 13.2 Å². The molecule has 0 N–H and O–H groups in total. The van der Waals surface area contributed by atoms with Gasteiger partial charge in [0.25, 0.3) is 0 Å². The summed E-state index contributed by atoms with van der Waals surface area (Å²) >= 11 is 0. The number of carbonyl (C=O) groups is 2. The summed E-state index contributed by atoms with van der Waals surface area (Å²) in [7, 11) is 1.60. The number of hydrogen-bond acceptors (Lipinski definition) is 6. The third kappa shape index (κ3) is 5.10. The van der Waals surface area contributed by atoms with Gasteiger partial charge in [-0.25, -0.2) is 9.59 Å². The quantitative estimate of drug-likeness (QED) is 0.396. The van der Waals surface area contributed by atoms with Gasteiger partial charge in [0.1, 0.15) is 5.75 Å². The van der Waals surface area contributed by atoms with E-state index in [1.807, 2.05) is 55.1 Å². The monoisotopic (exact) mass is 499 g/mol. The van der Waals surface area contributed by atoms with E-state index in [0.717, 1.165) is 23.2 Å². The summed E-state index contributed by atoms with van der Waals surface area (Å²) in [4.78, 5) is 28.8. The molecule has 6 heteroatoms. The van der Waals surface area contributed by atoms with Crippen LogP contribution in [0.15, 0.2) is 89.3 Å². The van der Waals surface area contributed by atoms with Crippen molar-refractivity contribution in [3.8, 4) is 5.75 Å². The van der Waals surface area contributed by atoms with E-state index in [4.69, 9.17) is 14.2 Å². The summed E-state index contributed by atoms with van der Waals surface area (Å²) in [6, 6.07) is 15.6. The van der Waals surface area contributed by atoms with Crippen molar-refractivity contribution in [2.45, 2.75) is 40.0 Å². The maximum absolute atomic E-state index is 13.4. The van der Waals surface area contributed by atoms with Crippen molar-refractivity contribution in [1.29, 1.82) is 0 Å². The minimum absolute atomic E-state index is 0.222. The third-order valence-corrected chi connectivity index (χ3v) is 6.74. The van der Waals surface area contributed by atoms with Gasteiger partial charge in [0.15, 0.2) is 0 Å². The Bertz CT molecular complexity index is 1250. The van der Waals surface area contributed by atoms with E-state index < -0.39 is 17.9 Å². The molecule has 0 unspecified atom stereocenters. The molecule has 0 spiro atoms. The normalized spacial score (nSPS) is 15.7. The lowest BCUT2D eigenvalue weighted by Crippen LogP contribution is -2.35. The van der Waals surface area contributed by atoms with Crippen LogP contribution in [-0.4, -0.2) is 32.3 Å². The summed E-state index contributed by atoms with van der Waals surface area (Å²) in [5.74, 6) is -0.877. The number of esters is 2. The highest BCUT2D eigenvalue weighted by Crippen LogP contribution is 2.45. The lowest BCUT2D eigenvalue weighted by atomic mass is 9.79. The fourth-order valence-corrected chi connectivity index (χ4v) is 5.01. The lowest BCUT2D eigenvalue weighted by Gasteiger charge is -2.38. The van der Waals surface area contributed by atoms with Crippen LogP contribution < -0.4 is 9.64 Å². The zero-order valence-electron chi connectivity index (χ0n) is 22.0. The summed E-state index contributed by atoms with van der Waals surface area (Å²) in [5.41, 5.74) is 6.26. The van der Waals surface area contributed by atoms with Crippen LogP contribution in [0.25, 0.3) is 5.57 Å². The second kappa shape index (κ2) is 11.3. The highest BCUT2D eigenvalue weighted by Gasteiger charge is 2.41. The van der Waals surface area contributed by atoms with Crippen molar-refractivity contribution >= 4 is 23.2 Å². The van der Waals surface area contributed by atoms with Crippen LogP contribution in [-0.2, 0) is 19.1 Å². The number of benzene rings is 2. The molecule has 1 heterocycles. The molecule has 0 saturated carbocycles. The number of rotatable bonds is 8. The fourth-order valence-electron chi connectivity index (χ4n) is 5.01. The molecule has 2 aromatic carbocycles. The Balaban J connectivity index is 1.89.